The zero-order valence-corrected chi connectivity index (χ0v) is 21.5. The lowest BCUT2D eigenvalue weighted by Crippen LogP contribution is -2.40. The smallest absolute Gasteiger partial charge is 0.257 e. The number of nitrogens with two attached hydrogens (primary N) is 1. The van der Waals surface area contributed by atoms with E-state index in [2.05, 4.69) is 30.9 Å². The molecule has 1 aliphatic heterocycles. The molecule has 196 valence electrons. The summed E-state index contributed by atoms with van der Waals surface area (Å²) in [6, 6.07) is 14.0. The Morgan fingerprint density at radius 3 is 2.72 bits per heavy atom. The van der Waals surface area contributed by atoms with Crippen molar-refractivity contribution in [2.75, 3.05) is 34.9 Å². The predicted molar refractivity (Wildman–Crippen MR) is 151 cm³/mol. The third-order valence-corrected chi connectivity index (χ3v) is 6.91. The number of hydrogen-bond donors (Lipinski definition) is 4. The maximum Gasteiger partial charge on any atom is 0.257 e. The summed E-state index contributed by atoms with van der Waals surface area (Å²) in [6.45, 7) is 3.06. The second kappa shape index (κ2) is 9.97. The van der Waals surface area contributed by atoms with Crippen LogP contribution in [0.1, 0.15) is 15.9 Å². The Labute approximate surface area is 227 Å². The number of aryl methyl sites for hydroxylation is 1. The van der Waals surface area contributed by atoms with Crippen LogP contribution in [-0.2, 0) is 4.74 Å². The molecule has 2 aromatic heterocycles. The van der Waals surface area contributed by atoms with Crippen molar-refractivity contribution in [3.63, 3.8) is 0 Å². The van der Waals surface area contributed by atoms with Crippen molar-refractivity contribution in [1.82, 2.24) is 15.0 Å². The third kappa shape index (κ3) is 4.64. The van der Waals surface area contributed by atoms with Gasteiger partial charge in [0, 0.05) is 28.0 Å². The van der Waals surface area contributed by atoms with E-state index in [0.29, 0.717) is 46.6 Å². The highest BCUT2D eigenvalue weighted by molar-refractivity contribution is 6.31. The van der Waals surface area contributed by atoms with Crippen LogP contribution in [0, 0.1) is 12.7 Å². The second-order valence-electron chi connectivity index (χ2n) is 9.25. The lowest BCUT2D eigenvalue weighted by atomic mass is 10.0. The summed E-state index contributed by atoms with van der Waals surface area (Å²) in [5, 5.41) is 11.4. The maximum atomic E-state index is 14.6. The molecule has 5 N–H and O–H groups in total. The first-order valence-corrected chi connectivity index (χ1v) is 12.6. The molecule has 3 heterocycles. The zero-order valence-electron chi connectivity index (χ0n) is 20.8. The number of ether oxygens (including phenoxy) is 1. The number of anilines is 5. The van der Waals surface area contributed by atoms with Crippen molar-refractivity contribution < 1.29 is 13.9 Å². The average molecular weight is 544 g/mol. The van der Waals surface area contributed by atoms with E-state index in [1.165, 1.54) is 12.4 Å². The van der Waals surface area contributed by atoms with Gasteiger partial charge in [-0.15, -0.1) is 0 Å². The van der Waals surface area contributed by atoms with Gasteiger partial charge in [-0.2, -0.15) is 0 Å². The molecule has 1 aliphatic rings. The highest BCUT2D eigenvalue weighted by Gasteiger charge is 2.22. The van der Waals surface area contributed by atoms with Gasteiger partial charge in [0.2, 0.25) is 0 Å². The summed E-state index contributed by atoms with van der Waals surface area (Å²) in [6.07, 6.45) is 2.93. The number of nitrogens with zero attached hydrogens (tertiary/aromatic N) is 3. The van der Waals surface area contributed by atoms with Gasteiger partial charge in [-0.3, -0.25) is 4.79 Å². The highest BCUT2D eigenvalue weighted by atomic mass is 35.5. The number of benzene rings is 3. The van der Waals surface area contributed by atoms with Gasteiger partial charge in [0.1, 0.15) is 18.0 Å². The summed E-state index contributed by atoms with van der Waals surface area (Å²) in [4.78, 5) is 26.6. The van der Waals surface area contributed by atoms with Crippen molar-refractivity contribution in [2.24, 2.45) is 0 Å². The van der Waals surface area contributed by atoms with Crippen LogP contribution in [0.4, 0.5) is 33.1 Å². The van der Waals surface area contributed by atoms with E-state index in [1.807, 2.05) is 25.1 Å². The van der Waals surface area contributed by atoms with Crippen molar-refractivity contribution in [3.8, 4) is 0 Å². The largest absolute Gasteiger partial charge is 0.383 e. The molecule has 0 spiro atoms. The first-order valence-electron chi connectivity index (χ1n) is 12.2. The maximum absolute atomic E-state index is 14.6. The summed E-state index contributed by atoms with van der Waals surface area (Å²) in [5.41, 5.74) is 9.26. The Balaban J connectivity index is 1.40. The Kier molecular flexibility index (Phi) is 6.34. The van der Waals surface area contributed by atoms with E-state index in [1.54, 1.807) is 30.5 Å². The van der Waals surface area contributed by atoms with Crippen LogP contribution in [0.5, 0.6) is 0 Å². The van der Waals surface area contributed by atoms with E-state index in [9.17, 15) is 9.18 Å². The molecule has 5 aromatic rings. The molecule has 0 radical (unpaired) electrons. The molecular weight excluding hydrogens is 521 g/mol. The number of rotatable bonds is 6. The Bertz CT molecular complexity index is 1760. The lowest BCUT2D eigenvalue weighted by Gasteiger charge is -2.28. The van der Waals surface area contributed by atoms with Gasteiger partial charge in [0.05, 0.1) is 46.7 Å². The van der Waals surface area contributed by atoms with Crippen LogP contribution < -0.4 is 21.7 Å². The van der Waals surface area contributed by atoms with Gasteiger partial charge >= 0.3 is 0 Å². The Morgan fingerprint density at radius 2 is 1.92 bits per heavy atom. The minimum atomic E-state index is -0.575. The normalized spacial score (nSPS) is 13.3. The van der Waals surface area contributed by atoms with Gasteiger partial charge < -0.3 is 26.4 Å². The second-order valence-corrected chi connectivity index (χ2v) is 9.66. The Morgan fingerprint density at radius 1 is 1.08 bits per heavy atom. The van der Waals surface area contributed by atoms with Crippen LogP contribution in [0.2, 0.25) is 5.02 Å². The first-order chi connectivity index (χ1) is 18.9. The van der Waals surface area contributed by atoms with Crippen molar-refractivity contribution in [1.29, 1.82) is 0 Å². The molecule has 1 amide bonds. The monoisotopic (exact) mass is 543 g/mol. The minimum absolute atomic E-state index is 0.00209. The zero-order chi connectivity index (χ0) is 27.1. The standard InChI is InChI=1S/C28H23ClFN7O2/c1-14-5-6-18-17(7-8-32-27(18)36-22-4-2-3-21(29)23(22)30)24(14)37-28(38)20-10-15(35-16-11-39-12-16)9-19-25(20)33-13-34-26(19)31/h2-10,13,16,35H,11-12H2,1H3,(H,32,36)(H,37,38)(H2,31,33,34). The van der Waals surface area contributed by atoms with Crippen molar-refractivity contribution in [2.45, 2.75) is 13.0 Å². The van der Waals surface area contributed by atoms with Crippen molar-refractivity contribution >= 4 is 67.9 Å². The first kappa shape index (κ1) is 24.8. The topological polar surface area (TPSA) is 127 Å². The summed E-state index contributed by atoms with van der Waals surface area (Å²) >= 11 is 5.95. The molecule has 0 unspecified atom stereocenters. The summed E-state index contributed by atoms with van der Waals surface area (Å²) < 4.78 is 19.8. The lowest BCUT2D eigenvalue weighted by molar-refractivity contribution is 0.0211. The fourth-order valence-corrected chi connectivity index (χ4v) is 4.71. The molecule has 11 heteroatoms. The average Bonchev–Trinajstić information content (AvgIpc) is 2.90. The molecule has 3 aromatic carbocycles. The molecule has 0 bridgehead atoms. The summed E-state index contributed by atoms with van der Waals surface area (Å²) in [7, 11) is 0. The molecule has 0 atom stereocenters. The number of carbonyl (C=O) groups is 1. The van der Waals surface area contributed by atoms with Crippen LogP contribution >= 0.6 is 11.6 Å². The van der Waals surface area contributed by atoms with Gasteiger partial charge in [-0.25, -0.2) is 19.3 Å². The number of nitrogen functional groups attached to an aromatic ring is 1. The van der Waals surface area contributed by atoms with E-state index in [-0.39, 0.29) is 28.5 Å². The molecular formula is C28H23ClFN7O2. The Hall–Kier alpha value is -4.54. The SMILES string of the molecule is Cc1ccc2c(Nc3cccc(Cl)c3F)nccc2c1NC(=O)c1cc(NC2COC2)cc2c(N)ncnc12. The number of aromatic nitrogens is 3. The van der Waals surface area contributed by atoms with Crippen LogP contribution in [0.3, 0.4) is 0 Å². The number of halogens is 2. The van der Waals surface area contributed by atoms with Gasteiger partial charge in [0.25, 0.3) is 5.91 Å². The third-order valence-electron chi connectivity index (χ3n) is 6.62. The molecule has 1 fully saturated rings. The van der Waals surface area contributed by atoms with E-state index in [0.717, 1.165) is 16.6 Å². The van der Waals surface area contributed by atoms with Crippen LogP contribution in [0.15, 0.2) is 61.1 Å². The summed E-state index contributed by atoms with van der Waals surface area (Å²) in [5.74, 6) is -0.244. The fraction of sp³-hybridized carbons (Fsp3) is 0.143. The number of hydrogen-bond acceptors (Lipinski definition) is 8. The fourth-order valence-electron chi connectivity index (χ4n) is 4.54. The molecule has 0 saturated carbocycles. The van der Waals surface area contributed by atoms with E-state index in [4.69, 9.17) is 22.1 Å². The number of amides is 1. The van der Waals surface area contributed by atoms with Crippen LogP contribution in [-0.4, -0.2) is 40.1 Å². The van der Waals surface area contributed by atoms with Gasteiger partial charge in [-0.05, 0) is 42.8 Å². The van der Waals surface area contributed by atoms with Gasteiger partial charge in [0.15, 0.2) is 5.82 Å². The quantitative estimate of drug-likeness (QED) is 0.216. The molecule has 39 heavy (non-hydrogen) atoms. The van der Waals surface area contributed by atoms with E-state index < -0.39 is 5.82 Å². The molecule has 9 nitrogen and oxygen atoms in total. The molecule has 6 rings (SSSR count). The number of carbonyl (C=O) groups excluding carboxylic acids is 1. The number of pyridine rings is 1. The number of fused-ring (bicyclic) bond motifs is 2. The molecule has 1 saturated heterocycles. The molecule has 0 aliphatic carbocycles. The highest BCUT2D eigenvalue weighted by Crippen LogP contribution is 2.34. The minimum Gasteiger partial charge on any atom is -0.383 e. The van der Waals surface area contributed by atoms with Crippen LogP contribution in [0.25, 0.3) is 21.7 Å². The van der Waals surface area contributed by atoms with E-state index >= 15 is 0 Å². The van der Waals surface area contributed by atoms with Crippen molar-refractivity contribution in [3.05, 3.63) is 83.0 Å². The number of nitrogens with one attached hydrogen (secondary N) is 3. The van der Waals surface area contributed by atoms with Gasteiger partial charge in [-0.1, -0.05) is 29.8 Å². The predicted octanol–water partition coefficient (Wildman–Crippen LogP) is 5.67.